The van der Waals surface area contributed by atoms with Crippen molar-refractivity contribution < 1.29 is 0 Å². The summed E-state index contributed by atoms with van der Waals surface area (Å²) in [6.07, 6.45) is 4.90. The van der Waals surface area contributed by atoms with Crippen LogP contribution in [0.4, 0.5) is 5.82 Å². The molecule has 2 N–H and O–H groups in total. The zero-order valence-electron chi connectivity index (χ0n) is 10.2. The highest BCUT2D eigenvalue weighted by Gasteiger charge is 2.51. The van der Waals surface area contributed by atoms with Crippen molar-refractivity contribution >= 4 is 11.4 Å². The topological polar surface area (TPSA) is 43.8 Å². The Hall–Kier alpha value is -1.25. The first-order valence-corrected chi connectivity index (χ1v) is 6.00. The lowest BCUT2D eigenvalue weighted by molar-refractivity contribution is 0.0111. The summed E-state index contributed by atoms with van der Waals surface area (Å²) in [6, 6.07) is 2.00. The molecule has 86 valence electrons. The van der Waals surface area contributed by atoms with E-state index in [4.69, 9.17) is 5.73 Å². The molecule has 1 heterocycles. The van der Waals surface area contributed by atoms with Gasteiger partial charge in [0.05, 0.1) is 5.69 Å². The van der Waals surface area contributed by atoms with E-state index in [1.807, 2.05) is 13.1 Å². The Morgan fingerprint density at radius 3 is 2.75 bits per heavy atom. The number of nitrogens with two attached hydrogens (primary N) is 1. The summed E-state index contributed by atoms with van der Waals surface area (Å²) in [5.41, 5.74) is 8.80. The number of allylic oxidation sites excluding steroid dienone is 2. The molecule has 1 fully saturated rings. The third kappa shape index (κ3) is 1.11. The molecule has 1 saturated carbocycles. The van der Waals surface area contributed by atoms with Crippen LogP contribution in [0.5, 0.6) is 0 Å². The predicted octanol–water partition coefficient (Wildman–Crippen LogP) is 2.45. The molecule has 3 nitrogen and oxygen atoms in total. The standard InChI is InChI=1S/C13H19N3/c1-13(2)8-4-5-9(10(13)6-8)11-7-12(14)16(3)15-11/h5,7-8,10H,4,6,14H2,1-3H3. The van der Waals surface area contributed by atoms with E-state index >= 15 is 0 Å². The van der Waals surface area contributed by atoms with Crippen molar-refractivity contribution in [3.63, 3.8) is 0 Å². The van der Waals surface area contributed by atoms with E-state index in [0.29, 0.717) is 11.3 Å². The molecular weight excluding hydrogens is 198 g/mol. The summed E-state index contributed by atoms with van der Waals surface area (Å²) < 4.78 is 1.76. The molecule has 2 unspecified atom stereocenters. The number of hydrogen-bond donors (Lipinski definition) is 1. The molecule has 0 aliphatic heterocycles. The number of anilines is 1. The second-order valence-corrected chi connectivity index (χ2v) is 5.78. The van der Waals surface area contributed by atoms with Crippen molar-refractivity contribution in [3.8, 4) is 0 Å². The fourth-order valence-corrected chi connectivity index (χ4v) is 3.26. The van der Waals surface area contributed by atoms with Gasteiger partial charge in [-0.25, -0.2) is 0 Å². The van der Waals surface area contributed by atoms with Gasteiger partial charge in [0.15, 0.2) is 0 Å². The fraction of sp³-hybridized carbons (Fsp3) is 0.615. The molecule has 0 aromatic carbocycles. The number of aryl methyl sites for hydroxylation is 1. The Bertz CT molecular complexity index is 448. The van der Waals surface area contributed by atoms with Crippen molar-refractivity contribution in [2.75, 3.05) is 5.73 Å². The average Bonchev–Trinajstić information content (AvgIpc) is 2.59. The zero-order chi connectivity index (χ0) is 11.5. The van der Waals surface area contributed by atoms with E-state index in [1.165, 1.54) is 18.4 Å². The molecule has 0 saturated heterocycles. The average molecular weight is 217 g/mol. The summed E-state index contributed by atoms with van der Waals surface area (Å²) in [4.78, 5) is 0. The molecule has 2 bridgehead atoms. The van der Waals surface area contributed by atoms with E-state index in [2.05, 4.69) is 25.0 Å². The lowest BCUT2D eigenvalue weighted by atomic mass is 9.48. The number of hydrogen-bond acceptors (Lipinski definition) is 2. The monoisotopic (exact) mass is 217 g/mol. The molecule has 0 radical (unpaired) electrons. The third-order valence-electron chi connectivity index (χ3n) is 4.68. The van der Waals surface area contributed by atoms with Crippen LogP contribution in [-0.4, -0.2) is 9.78 Å². The van der Waals surface area contributed by atoms with Gasteiger partial charge < -0.3 is 5.73 Å². The first-order chi connectivity index (χ1) is 7.50. The van der Waals surface area contributed by atoms with Crippen LogP contribution >= 0.6 is 0 Å². The molecule has 3 heteroatoms. The van der Waals surface area contributed by atoms with Gasteiger partial charge in [-0.05, 0) is 35.7 Å². The Labute approximate surface area is 96.3 Å². The number of aromatic nitrogens is 2. The zero-order valence-corrected chi connectivity index (χ0v) is 10.2. The van der Waals surface area contributed by atoms with Crippen molar-refractivity contribution in [1.29, 1.82) is 0 Å². The SMILES string of the molecule is Cn1nc(C2=CCC3CC2C3(C)C)cc1N. The molecule has 3 aliphatic carbocycles. The molecule has 1 aromatic heterocycles. The van der Waals surface area contributed by atoms with Crippen molar-refractivity contribution in [3.05, 3.63) is 17.8 Å². The summed E-state index contributed by atoms with van der Waals surface area (Å²) >= 11 is 0. The minimum Gasteiger partial charge on any atom is -0.384 e. The van der Waals surface area contributed by atoms with Gasteiger partial charge >= 0.3 is 0 Å². The van der Waals surface area contributed by atoms with Crippen LogP contribution in [0, 0.1) is 17.3 Å². The van der Waals surface area contributed by atoms with E-state index in [9.17, 15) is 0 Å². The number of nitrogens with zero attached hydrogens (tertiary/aromatic N) is 2. The van der Waals surface area contributed by atoms with E-state index in [-0.39, 0.29) is 0 Å². The van der Waals surface area contributed by atoms with Gasteiger partial charge in [0.25, 0.3) is 0 Å². The Balaban J connectivity index is 1.99. The van der Waals surface area contributed by atoms with Gasteiger partial charge in [-0.1, -0.05) is 19.9 Å². The van der Waals surface area contributed by atoms with Crippen LogP contribution in [-0.2, 0) is 7.05 Å². The fourth-order valence-electron chi connectivity index (χ4n) is 3.26. The van der Waals surface area contributed by atoms with Crippen LogP contribution in [0.15, 0.2) is 12.1 Å². The van der Waals surface area contributed by atoms with Crippen LogP contribution in [0.1, 0.15) is 32.4 Å². The molecule has 4 rings (SSSR count). The van der Waals surface area contributed by atoms with Crippen LogP contribution in [0.3, 0.4) is 0 Å². The van der Waals surface area contributed by atoms with Gasteiger partial charge in [0.1, 0.15) is 5.82 Å². The Morgan fingerprint density at radius 1 is 1.50 bits per heavy atom. The van der Waals surface area contributed by atoms with Gasteiger partial charge in [0, 0.05) is 13.1 Å². The summed E-state index contributed by atoms with van der Waals surface area (Å²) in [6.45, 7) is 4.76. The highest BCUT2D eigenvalue weighted by atomic mass is 15.3. The normalized spacial score (nSPS) is 30.8. The second kappa shape index (κ2) is 2.90. The highest BCUT2D eigenvalue weighted by Crippen LogP contribution is 2.61. The minimum atomic E-state index is 0.455. The number of fused-ring (bicyclic) bond motifs is 1. The largest absolute Gasteiger partial charge is 0.384 e. The lowest BCUT2D eigenvalue weighted by Gasteiger charge is -2.56. The molecule has 3 aliphatic rings. The molecule has 0 amide bonds. The molecule has 0 spiro atoms. The number of nitrogen functional groups attached to an aromatic ring is 1. The quantitative estimate of drug-likeness (QED) is 0.785. The van der Waals surface area contributed by atoms with Gasteiger partial charge in [0.2, 0.25) is 0 Å². The van der Waals surface area contributed by atoms with Crippen molar-refractivity contribution in [2.24, 2.45) is 24.3 Å². The van der Waals surface area contributed by atoms with Crippen LogP contribution in [0.25, 0.3) is 5.57 Å². The van der Waals surface area contributed by atoms with Gasteiger partial charge in [-0.2, -0.15) is 5.10 Å². The second-order valence-electron chi connectivity index (χ2n) is 5.78. The summed E-state index contributed by atoms with van der Waals surface area (Å²) in [7, 11) is 1.90. The maximum Gasteiger partial charge on any atom is 0.121 e. The maximum absolute atomic E-state index is 5.85. The molecule has 2 atom stereocenters. The predicted molar refractivity (Wildman–Crippen MR) is 65.6 cm³/mol. The van der Waals surface area contributed by atoms with Crippen molar-refractivity contribution in [2.45, 2.75) is 26.7 Å². The molecule has 1 aromatic rings. The smallest absolute Gasteiger partial charge is 0.121 e. The number of rotatable bonds is 1. The van der Waals surface area contributed by atoms with Gasteiger partial charge in [-0.15, -0.1) is 0 Å². The Kier molecular flexibility index (Phi) is 1.80. The Morgan fingerprint density at radius 2 is 2.25 bits per heavy atom. The van der Waals surface area contributed by atoms with E-state index in [1.54, 1.807) is 4.68 Å². The highest BCUT2D eigenvalue weighted by molar-refractivity contribution is 5.69. The first-order valence-electron chi connectivity index (χ1n) is 6.00. The molecule has 16 heavy (non-hydrogen) atoms. The third-order valence-corrected chi connectivity index (χ3v) is 4.68. The molecular formula is C13H19N3. The van der Waals surface area contributed by atoms with E-state index < -0.39 is 0 Å². The van der Waals surface area contributed by atoms with Crippen molar-refractivity contribution in [1.82, 2.24) is 9.78 Å². The minimum absolute atomic E-state index is 0.455. The van der Waals surface area contributed by atoms with Crippen LogP contribution in [0.2, 0.25) is 0 Å². The summed E-state index contributed by atoms with van der Waals surface area (Å²) in [5, 5.41) is 4.50. The first kappa shape index (κ1) is 9.94. The lowest BCUT2D eigenvalue weighted by Crippen LogP contribution is -2.47. The summed E-state index contributed by atoms with van der Waals surface area (Å²) in [5.74, 6) is 2.30. The van der Waals surface area contributed by atoms with E-state index in [0.717, 1.165) is 17.4 Å². The van der Waals surface area contributed by atoms with Crippen LogP contribution < -0.4 is 5.73 Å². The maximum atomic E-state index is 5.85. The van der Waals surface area contributed by atoms with Gasteiger partial charge in [-0.3, -0.25) is 4.68 Å².